The number of rotatable bonds is 7. The van der Waals surface area contributed by atoms with Crippen LogP contribution < -0.4 is 5.32 Å². The van der Waals surface area contributed by atoms with E-state index in [0.717, 1.165) is 18.4 Å². The largest absolute Gasteiger partial charge is 0.395 e. The van der Waals surface area contributed by atoms with Gasteiger partial charge in [-0.25, -0.2) is 4.79 Å². The van der Waals surface area contributed by atoms with E-state index in [2.05, 4.69) is 12.2 Å². The van der Waals surface area contributed by atoms with Gasteiger partial charge in [0.05, 0.1) is 12.6 Å². The summed E-state index contributed by atoms with van der Waals surface area (Å²) in [6, 6.07) is 7.17. The first-order valence-electron chi connectivity index (χ1n) is 7.00. The van der Waals surface area contributed by atoms with Crippen LogP contribution in [0.2, 0.25) is 5.02 Å². The van der Waals surface area contributed by atoms with Gasteiger partial charge in [0.25, 0.3) is 0 Å². The second-order valence-electron chi connectivity index (χ2n) is 4.79. The molecule has 1 aromatic carbocycles. The molecule has 0 aliphatic rings. The Bertz CT molecular complexity index is 409. The number of halogens is 1. The average molecular weight is 299 g/mol. The van der Waals surface area contributed by atoms with Gasteiger partial charge in [0.1, 0.15) is 0 Å². The zero-order chi connectivity index (χ0) is 15.0. The van der Waals surface area contributed by atoms with Crippen LogP contribution >= 0.6 is 11.6 Å². The maximum atomic E-state index is 12.2. The van der Waals surface area contributed by atoms with Crippen molar-refractivity contribution in [2.24, 2.45) is 0 Å². The van der Waals surface area contributed by atoms with Gasteiger partial charge >= 0.3 is 6.03 Å². The molecule has 0 heterocycles. The van der Waals surface area contributed by atoms with Crippen LogP contribution in [0, 0.1) is 0 Å². The number of hydrogen-bond donors (Lipinski definition) is 2. The van der Waals surface area contributed by atoms with Crippen molar-refractivity contribution in [3.05, 3.63) is 34.9 Å². The Morgan fingerprint density at radius 3 is 2.55 bits per heavy atom. The fourth-order valence-corrected chi connectivity index (χ4v) is 2.02. The Balaban J connectivity index is 2.59. The summed E-state index contributed by atoms with van der Waals surface area (Å²) in [6.45, 7) is 5.01. The van der Waals surface area contributed by atoms with Crippen LogP contribution in [0.1, 0.15) is 38.3 Å². The second kappa shape index (κ2) is 8.82. The highest BCUT2D eigenvalue weighted by Crippen LogP contribution is 2.16. The summed E-state index contributed by atoms with van der Waals surface area (Å²) in [5.41, 5.74) is 1.00. The van der Waals surface area contributed by atoms with E-state index in [4.69, 9.17) is 16.7 Å². The molecule has 0 bridgehead atoms. The molecule has 5 heteroatoms. The predicted molar refractivity (Wildman–Crippen MR) is 82.0 cm³/mol. The van der Waals surface area contributed by atoms with Gasteiger partial charge < -0.3 is 15.3 Å². The van der Waals surface area contributed by atoms with E-state index < -0.39 is 0 Å². The molecule has 0 aromatic heterocycles. The number of carbonyl (C=O) groups excluding carboxylic acids is 1. The van der Waals surface area contributed by atoms with Gasteiger partial charge in [0.15, 0.2) is 0 Å². The van der Waals surface area contributed by atoms with Crippen LogP contribution in [-0.2, 0) is 0 Å². The predicted octanol–water partition coefficient (Wildman–Crippen LogP) is 3.21. The number of hydrogen-bond acceptors (Lipinski definition) is 2. The number of amides is 2. The number of nitrogens with zero attached hydrogens (tertiary/aromatic N) is 1. The number of benzene rings is 1. The molecule has 0 saturated heterocycles. The van der Waals surface area contributed by atoms with E-state index in [1.54, 1.807) is 4.90 Å². The molecule has 1 atom stereocenters. The Kier molecular flexibility index (Phi) is 7.41. The highest BCUT2D eigenvalue weighted by molar-refractivity contribution is 6.30. The number of aliphatic hydroxyl groups is 1. The Labute approximate surface area is 125 Å². The van der Waals surface area contributed by atoms with E-state index in [0.29, 0.717) is 18.1 Å². The Hall–Kier alpha value is -1.26. The SMILES string of the molecule is CCCCN(CCO)C(=O)NC(C)c1ccc(Cl)cc1. The molecule has 0 fully saturated rings. The molecule has 0 saturated carbocycles. The van der Waals surface area contributed by atoms with E-state index in [1.807, 2.05) is 31.2 Å². The lowest BCUT2D eigenvalue weighted by atomic mass is 10.1. The molecule has 20 heavy (non-hydrogen) atoms. The molecule has 0 radical (unpaired) electrons. The van der Waals surface area contributed by atoms with Crippen molar-refractivity contribution in [2.75, 3.05) is 19.7 Å². The van der Waals surface area contributed by atoms with Crippen molar-refractivity contribution in [1.82, 2.24) is 10.2 Å². The molecule has 0 aliphatic heterocycles. The number of unbranched alkanes of at least 4 members (excludes halogenated alkanes) is 1. The van der Waals surface area contributed by atoms with Gasteiger partial charge in [-0.1, -0.05) is 37.1 Å². The van der Waals surface area contributed by atoms with Crippen LogP contribution in [-0.4, -0.2) is 35.7 Å². The molecule has 4 nitrogen and oxygen atoms in total. The van der Waals surface area contributed by atoms with E-state index in [9.17, 15) is 4.79 Å². The van der Waals surface area contributed by atoms with Gasteiger partial charge in [-0.15, -0.1) is 0 Å². The molecule has 1 rings (SSSR count). The normalized spacial score (nSPS) is 12.0. The second-order valence-corrected chi connectivity index (χ2v) is 5.22. The van der Waals surface area contributed by atoms with Crippen LogP contribution in [0.5, 0.6) is 0 Å². The molecule has 2 amide bonds. The van der Waals surface area contributed by atoms with Crippen LogP contribution in [0.3, 0.4) is 0 Å². The molecular formula is C15H23ClN2O2. The number of nitrogens with one attached hydrogen (secondary N) is 1. The van der Waals surface area contributed by atoms with Crippen LogP contribution in [0.15, 0.2) is 24.3 Å². The molecular weight excluding hydrogens is 276 g/mol. The van der Waals surface area contributed by atoms with E-state index in [1.165, 1.54) is 0 Å². The highest BCUT2D eigenvalue weighted by atomic mass is 35.5. The molecule has 1 aromatic rings. The summed E-state index contributed by atoms with van der Waals surface area (Å²) in [6.07, 6.45) is 1.95. The minimum Gasteiger partial charge on any atom is -0.395 e. The van der Waals surface area contributed by atoms with Crippen LogP contribution in [0.25, 0.3) is 0 Å². The third-order valence-corrected chi connectivity index (χ3v) is 3.40. The number of carbonyl (C=O) groups is 1. The quantitative estimate of drug-likeness (QED) is 0.812. The highest BCUT2D eigenvalue weighted by Gasteiger charge is 2.15. The van der Waals surface area contributed by atoms with Crippen molar-refractivity contribution >= 4 is 17.6 Å². The Morgan fingerprint density at radius 2 is 2.00 bits per heavy atom. The van der Waals surface area contributed by atoms with E-state index in [-0.39, 0.29) is 18.7 Å². The standard InChI is InChI=1S/C15H23ClN2O2/c1-3-4-9-18(10-11-19)15(20)17-12(2)13-5-7-14(16)8-6-13/h5-8,12,19H,3-4,9-11H2,1-2H3,(H,17,20). The Morgan fingerprint density at radius 1 is 1.35 bits per heavy atom. The van der Waals surface area contributed by atoms with Gasteiger partial charge in [0.2, 0.25) is 0 Å². The maximum absolute atomic E-state index is 12.2. The lowest BCUT2D eigenvalue weighted by molar-refractivity contribution is 0.173. The third kappa shape index (κ3) is 5.39. The summed E-state index contributed by atoms with van der Waals surface area (Å²) < 4.78 is 0. The summed E-state index contributed by atoms with van der Waals surface area (Å²) >= 11 is 5.85. The molecule has 0 aliphatic carbocycles. The summed E-state index contributed by atoms with van der Waals surface area (Å²) in [5, 5.41) is 12.7. The molecule has 1 unspecified atom stereocenters. The van der Waals surface area contributed by atoms with Gasteiger partial charge in [0, 0.05) is 18.1 Å². The van der Waals surface area contributed by atoms with Gasteiger partial charge in [-0.3, -0.25) is 0 Å². The number of urea groups is 1. The lowest BCUT2D eigenvalue weighted by Crippen LogP contribution is -2.42. The van der Waals surface area contributed by atoms with Gasteiger partial charge in [-0.2, -0.15) is 0 Å². The molecule has 112 valence electrons. The molecule has 0 spiro atoms. The summed E-state index contributed by atoms with van der Waals surface area (Å²) in [7, 11) is 0. The summed E-state index contributed by atoms with van der Waals surface area (Å²) in [5.74, 6) is 0. The zero-order valence-corrected chi connectivity index (χ0v) is 12.9. The van der Waals surface area contributed by atoms with Crippen molar-refractivity contribution in [3.63, 3.8) is 0 Å². The minimum absolute atomic E-state index is 0.0214. The van der Waals surface area contributed by atoms with Crippen LogP contribution in [0.4, 0.5) is 4.79 Å². The smallest absolute Gasteiger partial charge is 0.317 e. The fraction of sp³-hybridized carbons (Fsp3) is 0.533. The maximum Gasteiger partial charge on any atom is 0.317 e. The first-order valence-corrected chi connectivity index (χ1v) is 7.38. The van der Waals surface area contributed by atoms with Crippen molar-refractivity contribution in [2.45, 2.75) is 32.7 Å². The first-order chi connectivity index (χ1) is 9.58. The topological polar surface area (TPSA) is 52.6 Å². The summed E-state index contributed by atoms with van der Waals surface area (Å²) in [4.78, 5) is 13.8. The van der Waals surface area contributed by atoms with Gasteiger partial charge in [-0.05, 0) is 31.0 Å². The van der Waals surface area contributed by atoms with Crippen molar-refractivity contribution < 1.29 is 9.90 Å². The van der Waals surface area contributed by atoms with Crippen molar-refractivity contribution in [1.29, 1.82) is 0 Å². The number of aliphatic hydroxyl groups excluding tert-OH is 1. The zero-order valence-electron chi connectivity index (χ0n) is 12.1. The average Bonchev–Trinajstić information content (AvgIpc) is 2.43. The van der Waals surface area contributed by atoms with Crippen molar-refractivity contribution in [3.8, 4) is 0 Å². The van der Waals surface area contributed by atoms with E-state index >= 15 is 0 Å². The minimum atomic E-state index is -0.144. The third-order valence-electron chi connectivity index (χ3n) is 3.15. The lowest BCUT2D eigenvalue weighted by Gasteiger charge is -2.24. The monoisotopic (exact) mass is 298 g/mol. The fourth-order valence-electron chi connectivity index (χ4n) is 1.90. The first kappa shape index (κ1) is 16.8. The molecule has 2 N–H and O–H groups in total.